The smallest absolute Gasteiger partial charge is 0.252 e. The van der Waals surface area contributed by atoms with E-state index >= 15 is 0 Å². The van der Waals surface area contributed by atoms with Crippen molar-refractivity contribution in [3.05, 3.63) is 27.7 Å². The van der Waals surface area contributed by atoms with Gasteiger partial charge in [0.05, 0.1) is 22.7 Å². The summed E-state index contributed by atoms with van der Waals surface area (Å²) in [5.41, 5.74) is 0.333. The molecule has 100 valence electrons. The zero-order valence-electron chi connectivity index (χ0n) is 10.3. The summed E-state index contributed by atoms with van der Waals surface area (Å²) >= 11 is 11.9. The molecule has 0 aliphatic heterocycles. The maximum atomic E-state index is 11.8. The predicted octanol–water partition coefficient (Wildman–Crippen LogP) is 2.77. The number of rotatable bonds is 6. The van der Waals surface area contributed by atoms with E-state index in [1.165, 1.54) is 19.2 Å². The van der Waals surface area contributed by atoms with Crippen molar-refractivity contribution in [2.75, 3.05) is 27.4 Å². The largest absolute Gasteiger partial charge is 0.495 e. The minimum absolute atomic E-state index is 0.263. The van der Waals surface area contributed by atoms with Gasteiger partial charge in [0.1, 0.15) is 5.75 Å². The number of halogens is 2. The van der Waals surface area contributed by atoms with Crippen LogP contribution >= 0.6 is 23.2 Å². The van der Waals surface area contributed by atoms with Crippen LogP contribution in [0.3, 0.4) is 0 Å². The third kappa shape index (κ3) is 4.05. The summed E-state index contributed by atoms with van der Waals surface area (Å²) < 4.78 is 9.90. The maximum absolute atomic E-state index is 11.8. The highest BCUT2D eigenvalue weighted by atomic mass is 35.5. The number of hydrogen-bond donors (Lipinski definition) is 1. The molecule has 0 aromatic heterocycles. The Bertz CT molecular complexity index is 424. The first-order valence-electron chi connectivity index (χ1n) is 5.40. The maximum Gasteiger partial charge on any atom is 0.252 e. The molecule has 1 rings (SSSR count). The Morgan fingerprint density at radius 3 is 2.61 bits per heavy atom. The minimum Gasteiger partial charge on any atom is -0.495 e. The van der Waals surface area contributed by atoms with Crippen molar-refractivity contribution >= 4 is 29.1 Å². The second-order valence-electron chi connectivity index (χ2n) is 3.57. The van der Waals surface area contributed by atoms with Crippen molar-refractivity contribution in [2.24, 2.45) is 0 Å². The van der Waals surface area contributed by atoms with Crippen LogP contribution in [0.5, 0.6) is 5.75 Å². The Kier molecular flexibility index (Phi) is 6.25. The highest BCUT2D eigenvalue weighted by Gasteiger charge is 2.13. The van der Waals surface area contributed by atoms with E-state index in [4.69, 9.17) is 32.7 Å². The van der Waals surface area contributed by atoms with Crippen molar-refractivity contribution in [2.45, 2.75) is 6.42 Å². The molecule has 0 radical (unpaired) electrons. The molecular formula is C12H15Cl2NO3. The standard InChI is InChI=1S/C12H15Cl2NO3/c1-17-5-3-4-15-12(16)8-6-10(14)11(18-2)7-9(8)13/h6-7H,3-5H2,1-2H3,(H,15,16). The van der Waals surface area contributed by atoms with Gasteiger partial charge in [0, 0.05) is 26.3 Å². The Balaban J connectivity index is 2.71. The van der Waals surface area contributed by atoms with Gasteiger partial charge in [-0.2, -0.15) is 0 Å². The van der Waals surface area contributed by atoms with Gasteiger partial charge in [0.25, 0.3) is 5.91 Å². The molecule has 0 spiro atoms. The molecule has 1 aromatic rings. The highest BCUT2D eigenvalue weighted by molar-refractivity contribution is 6.36. The summed E-state index contributed by atoms with van der Waals surface area (Å²) in [5, 5.41) is 3.39. The molecule has 0 bridgehead atoms. The van der Waals surface area contributed by atoms with Gasteiger partial charge >= 0.3 is 0 Å². The summed E-state index contributed by atoms with van der Waals surface area (Å²) in [5.74, 6) is 0.179. The third-order valence-corrected chi connectivity index (χ3v) is 2.90. The average molecular weight is 292 g/mol. The van der Waals surface area contributed by atoms with E-state index in [0.717, 1.165) is 6.42 Å². The highest BCUT2D eigenvalue weighted by Crippen LogP contribution is 2.30. The lowest BCUT2D eigenvalue weighted by molar-refractivity contribution is 0.0948. The number of hydrogen-bond acceptors (Lipinski definition) is 3. The lowest BCUT2D eigenvalue weighted by Gasteiger charge is -2.09. The van der Waals surface area contributed by atoms with Crippen molar-refractivity contribution < 1.29 is 14.3 Å². The fraction of sp³-hybridized carbons (Fsp3) is 0.417. The molecule has 18 heavy (non-hydrogen) atoms. The van der Waals surface area contributed by atoms with Crippen molar-refractivity contribution in [3.63, 3.8) is 0 Å². The van der Waals surface area contributed by atoms with Crippen LogP contribution < -0.4 is 10.1 Å². The fourth-order valence-electron chi connectivity index (χ4n) is 1.37. The van der Waals surface area contributed by atoms with Gasteiger partial charge in [-0.25, -0.2) is 0 Å². The lowest BCUT2D eigenvalue weighted by atomic mass is 10.2. The van der Waals surface area contributed by atoms with Crippen LogP contribution in [-0.2, 0) is 4.74 Å². The van der Waals surface area contributed by atoms with E-state index in [1.807, 2.05) is 0 Å². The fourth-order valence-corrected chi connectivity index (χ4v) is 1.85. The SMILES string of the molecule is COCCCNC(=O)c1cc(Cl)c(OC)cc1Cl. The van der Waals surface area contributed by atoms with Crippen LogP contribution in [0.2, 0.25) is 10.0 Å². The third-order valence-electron chi connectivity index (χ3n) is 2.30. The van der Waals surface area contributed by atoms with Crippen LogP contribution in [0.1, 0.15) is 16.8 Å². The second-order valence-corrected chi connectivity index (χ2v) is 4.38. The summed E-state index contributed by atoms with van der Waals surface area (Å²) in [7, 11) is 3.10. The minimum atomic E-state index is -0.263. The molecule has 1 amide bonds. The first kappa shape index (κ1) is 15.1. The van der Waals surface area contributed by atoms with Crippen LogP contribution in [0.4, 0.5) is 0 Å². The first-order chi connectivity index (χ1) is 8.60. The molecule has 0 aliphatic rings. The topological polar surface area (TPSA) is 47.6 Å². The van der Waals surface area contributed by atoms with Crippen LogP contribution in [-0.4, -0.2) is 33.3 Å². The summed E-state index contributed by atoms with van der Waals surface area (Å²) in [6.07, 6.45) is 0.740. The van der Waals surface area contributed by atoms with Gasteiger partial charge < -0.3 is 14.8 Å². The lowest BCUT2D eigenvalue weighted by Crippen LogP contribution is -2.25. The van der Waals surface area contributed by atoms with Crippen molar-refractivity contribution in [3.8, 4) is 5.75 Å². The molecule has 1 aromatic carbocycles. The Morgan fingerprint density at radius 2 is 2.00 bits per heavy atom. The molecule has 0 atom stereocenters. The number of ether oxygens (including phenoxy) is 2. The van der Waals surface area contributed by atoms with Crippen LogP contribution in [0, 0.1) is 0 Å². The van der Waals surface area contributed by atoms with E-state index in [1.54, 1.807) is 7.11 Å². The molecule has 1 N–H and O–H groups in total. The van der Waals surface area contributed by atoms with Crippen molar-refractivity contribution in [1.82, 2.24) is 5.32 Å². The molecule has 4 nitrogen and oxygen atoms in total. The second kappa shape index (κ2) is 7.46. The van der Waals surface area contributed by atoms with Gasteiger partial charge in [-0.15, -0.1) is 0 Å². The number of benzene rings is 1. The van der Waals surface area contributed by atoms with E-state index in [9.17, 15) is 4.79 Å². The molecular weight excluding hydrogens is 277 g/mol. The van der Waals surface area contributed by atoms with Gasteiger partial charge in [-0.3, -0.25) is 4.79 Å². The Labute approximate surface area is 116 Å². The van der Waals surface area contributed by atoms with Crippen molar-refractivity contribution in [1.29, 1.82) is 0 Å². The predicted molar refractivity (Wildman–Crippen MR) is 71.8 cm³/mol. The van der Waals surface area contributed by atoms with Crippen LogP contribution in [0.25, 0.3) is 0 Å². The molecule has 0 unspecified atom stereocenters. The quantitative estimate of drug-likeness (QED) is 0.820. The number of amides is 1. The summed E-state index contributed by atoms with van der Waals surface area (Å²) in [4.78, 5) is 11.8. The molecule has 0 saturated carbocycles. The molecule has 0 fully saturated rings. The Morgan fingerprint density at radius 1 is 1.28 bits per heavy atom. The molecule has 0 saturated heterocycles. The first-order valence-corrected chi connectivity index (χ1v) is 6.16. The summed E-state index contributed by atoms with van der Waals surface area (Å²) in [6.45, 7) is 1.12. The van der Waals surface area contributed by atoms with Gasteiger partial charge in [-0.1, -0.05) is 23.2 Å². The average Bonchev–Trinajstić information content (AvgIpc) is 2.36. The van der Waals surface area contributed by atoms with Gasteiger partial charge in [0.15, 0.2) is 0 Å². The van der Waals surface area contributed by atoms with E-state index in [0.29, 0.717) is 34.5 Å². The molecule has 6 heteroatoms. The van der Waals surface area contributed by atoms with E-state index in [-0.39, 0.29) is 5.91 Å². The number of nitrogens with one attached hydrogen (secondary N) is 1. The van der Waals surface area contributed by atoms with Gasteiger partial charge in [0.2, 0.25) is 0 Å². The number of carbonyl (C=O) groups is 1. The monoisotopic (exact) mass is 291 g/mol. The molecule has 0 aliphatic carbocycles. The number of methoxy groups -OCH3 is 2. The normalized spacial score (nSPS) is 10.2. The van der Waals surface area contributed by atoms with E-state index in [2.05, 4.69) is 5.32 Å². The Hall–Kier alpha value is -0.970. The number of carbonyl (C=O) groups excluding carboxylic acids is 1. The summed E-state index contributed by atoms with van der Waals surface area (Å²) in [6, 6.07) is 3.02. The van der Waals surface area contributed by atoms with E-state index < -0.39 is 0 Å². The zero-order chi connectivity index (χ0) is 13.5. The zero-order valence-corrected chi connectivity index (χ0v) is 11.8. The van der Waals surface area contributed by atoms with Gasteiger partial charge in [-0.05, 0) is 12.5 Å². The van der Waals surface area contributed by atoms with Crippen LogP contribution in [0.15, 0.2) is 12.1 Å². The molecule has 0 heterocycles.